The predicted molar refractivity (Wildman–Crippen MR) is 162 cm³/mol. The fourth-order valence-electron chi connectivity index (χ4n) is 4.74. The summed E-state index contributed by atoms with van der Waals surface area (Å²) in [4.78, 5) is 26.6. The molecule has 4 aromatic carbocycles. The van der Waals surface area contributed by atoms with Gasteiger partial charge in [-0.15, -0.1) is 0 Å². The normalized spacial score (nSPS) is 12.0. The van der Waals surface area contributed by atoms with Crippen molar-refractivity contribution >= 4 is 21.9 Å². The van der Waals surface area contributed by atoms with Crippen molar-refractivity contribution in [2.75, 3.05) is 14.2 Å². The lowest BCUT2D eigenvalue weighted by atomic mass is 9.97. The first-order chi connectivity index (χ1) is 20.1. The van der Waals surface area contributed by atoms with E-state index in [-0.39, 0.29) is 23.6 Å². The zero-order valence-corrected chi connectivity index (χ0v) is 24.6. The maximum absolute atomic E-state index is 13.1. The molecule has 0 aromatic heterocycles. The van der Waals surface area contributed by atoms with E-state index in [0.29, 0.717) is 17.9 Å². The van der Waals surface area contributed by atoms with Gasteiger partial charge in [-0.1, -0.05) is 78.9 Å². The van der Waals surface area contributed by atoms with Crippen LogP contribution in [0.1, 0.15) is 22.3 Å². The van der Waals surface area contributed by atoms with E-state index in [1.54, 1.807) is 55.5 Å². The molecule has 42 heavy (non-hydrogen) atoms. The van der Waals surface area contributed by atoms with Crippen molar-refractivity contribution in [2.45, 2.75) is 37.2 Å². The highest BCUT2D eigenvalue weighted by molar-refractivity contribution is 7.89. The minimum absolute atomic E-state index is 0.00687. The van der Waals surface area contributed by atoms with Gasteiger partial charge in [-0.05, 0) is 59.4 Å². The first-order valence-electron chi connectivity index (χ1n) is 13.4. The third-order valence-corrected chi connectivity index (χ3v) is 8.47. The van der Waals surface area contributed by atoms with Gasteiger partial charge in [0, 0.05) is 19.2 Å². The Morgan fingerprint density at radius 3 is 2.24 bits per heavy atom. The Kier molecular flexibility index (Phi) is 9.77. The topological polar surface area (TPSA) is 113 Å². The van der Waals surface area contributed by atoms with Gasteiger partial charge in [0.2, 0.25) is 15.9 Å². The lowest BCUT2D eigenvalue weighted by Gasteiger charge is -2.19. The van der Waals surface area contributed by atoms with E-state index in [4.69, 9.17) is 4.74 Å². The quantitative estimate of drug-likeness (QED) is 0.246. The van der Waals surface area contributed by atoms with Crippen molar-refractivity contribution in [3.8, 4) is 16.9 Å². The predicted octanol–water partition coefficient (Wildman–Crippen LogP) is 4.85. The molecular weight excluding hydrogens is 552 g/mol. The second kappa shape index (κ2) is 13.5. The van der Waals surface area contributed by atoms with Gasteiger partial charge >= 0.3 is 5.97 Å². The highest BCUT2D eigenvalue weighted by Crippen LogP contribution is 2.33. The van der Waals surface area contributed by atoms with Gasteiger partial charge in [-0.3, -0.25) is 9.59 Å². The summed E-state index contributed by atoms with van der Waals surface area (Å²) in [6.07, 6.45) is 0.128. The molecule has 0 saturated heterocycles. The number of nitrogens with one attached hydrogen (secondary N) is 1. The molecule has 0 aliphatic heterocycles. The number of rotatable bonds is 12. The van der Waals surface area contributed by atoms with Crippen LogP contribution >= 0.6 is 0 Å². The van der Waals surface area contributed by atoms with Gasteiger partial charge in [-0.2, -0.15) is 4.72 Å². The second-order valence-corrected chi connectivity index (χ2v) is 11.8. The van der Waals surface area contributed by atoms with Gasteiger partial charge in [0.1, 0.15) is 11.8 Å². The molecule has 0 saturated carbocycles. The molecule has 4 rings (SSSR count). The van der Waals surface area contributed by atoms with Crippen molar-refractivity contribution in [3.63, 3.8) is 0 Å². The molecule has 0 radical (unpaired) electrons. The summed E-state index contributed by atoms with van der Waals surface area (Å²) in [6, 6.07) is 27.2. The summed E-state index contributed by atoms with van der Waals surface area (Å²) in [5.41, 5.74) is 5.42. The number of carboxylic acid groups (broad SMARTS) is 1. The molecule has 9 heteroatoms. The first-order valence-corrected chi connectivity index (χ1v) is 14.9. The van der Waals surface area contributed by atoms with Crippen LogP contribution in [0.2, 0.25) is 0 Å². The number of aliphatic carboxylic acids is 1. The summed E-state index contributed by atoms with van der Waals surface area (Å²) < 4.78 is 33.3. The minimum atomic E-state index is -4.01. The molecule has 0 fully saturated rings. The fourth-order valence-corrected chi connectivity index (χ4v) is 5.95. The molecule has 1 unspecified atom stereocenters. The van der Waals surface area contributed by atoms with E-state index in [1.807, 2.05) is 55.5 Å². The van der Waals surface area contributed by atoms with Gasteiger partial charge in [0.05, 0.1) is 18.4 Å². The molecule has 4 aromatic rings. The van der Waals surface area contributed by atoms with Crippen LogP contribution in [0.25, 0.3) is 11.1 Å². The van der Waals surface area contributed by atoms with Crippen LogP contribution in [0.4, 0.5) is 0 Å². The maximum Gasteiger partial charge on any atom is 0.322 e. The molecule has 0 bridgehead atoms. The summed E-state index contributed by atoms with van der Waals surface area (Å²) in [7, 11) is -0.689. The number of ether oxygens (including phenoxy) is 1. The largest absolute Gasteiger partial charge is 0.496 e. The van der Waals surface area contributed by atoms with E-state index in [1.165, 1.54) is 12.1 Å². The average Bonchev–Trinajstić information content (AvgIpc) is 2.97. The van der Waals surface area contributed by atoms with E-state index in [2.05, 4.69) is 4.72 Å². The standard InChI is InChI=1S/C33H34N2O6S/c1-23-10-7-8-15-28(23)29-17-16-25(20-31(29)41-3)21-32(36)35(2)22-26-12-9-11-24(18-26)19-30(33(37)38)34-42(39,40)27-13-5-4-6-14-27/h4-18,20,30,34H,19,21-22H2,1-3H3,(H,37,38). The third-order valence-electron chi connectivity index (χ3n) is 6.98. The summed E-state index contributed by atoms with van der Waals surface area (Å²) in [5, 5.41) is 9.72. The van der Waals surface area contributed by atoms with E-state index in [0.717, 1.165) is 27.8 Å². The van der Waals surface area contributed by atoms with Crippen LogP contribution in [0.3, 0.4) is 0 Å². The lowest BCUT2D eigenvalue weighted by molar-refractivity contribution is -0.139. The number of carboxylic acids is 1. The number of aryl methyl sites for hydroxylation is 1. The Morgan fingerprint density at radius 1 is 0.857 bits per heavy atom. The van der Waals surface area contributed by atoms with Crippen LogP contribution in [0, 0.1) is 6.92 Å². The van der Waals surface area contributed by atoms with Gasteiger partial charge in [0.25, 0.3) is 0 Å². The van der Waals surface area contributed by atoms with Crippen LogP contribution < -0.4 is 9.46 Å². The molecule has 0 aliphatic rings. The molecule has 8 nitrogen and oxygen atoms in total. The monoisotopic (exact) mass is 586 g/mol. The van der Waals surface area contributed by atoms with Crippen molar-refractivity contribution in [3.05, 3.63) is 119 Å². The lowest BCUT2D eigenvalue weighted by Crippen LogP contribution is -2.42. The Hall–Kier alpha value is -4.47. The number of methoxy groups -OCH3 is 1. The number of benzene rings is 4. The number of sulfonamides is 1. The molecule has 1 amide bonds. The fraction of sp³-hybridized carbons (Fsp3) is 0.212. The first kappa shape index (κ1) is 30.5. The van der Waals surface area contributed by atoms with Crippen LogP contribution in [-0.4, -0.2) is 50.5 Å². The molecule has 2 N–H and O–H groups in total. The van der Waals surface area contributed by atoms with E-state index >= 15 is 0 Å². The number of hydrogen-bond acceptors (Lipinski definition) is 5. The van der Waals surface area contributed by atoms with Crippen LogP contribution in [0.15, 0.2) is 102 Å². The van der Waals surface area contributed by atoms with Crippen molar-refractivity contribution < 1.29 is 27.9 Å². The summed E-state index contributed by atoms with van der Waals surface area (Å²) >= 11 is 0. The molecular formula is C33H34N2O6S. The zero-order valence-electron chi connectivity index (χ0n) is 23.8. The number of hydrogen-bond donors (Lipinski definition) is 2. The number of nitrogens with zero attached hydrogens (tertiary/aromatic N) is 1. The molecule has 0 aliphatic carbocycles. The van der Waals surface area contributed by atoms with Crippen molar-refractivity contribution in [1.82, 2.24) is 9.62 Å². The third kappa shape index (κ3) is 7.63. The molecule has 1 atom stereocenters. The molecule has 218 valence electrons. The zero-order chi connectivity index (χ0) is 30.3. The van der Waals surface area contributed by atoms with Crippen LogP contribution in [0.5, 0.6) is 5.75 Å². The Morgan fingerprint density at radius 2 is 1.55 bits per heavy atom. The van der Waals surface area contributed by atoms with Gasteiger partial charge in [0.15, 0.2) is 0 Å². The van der Waals surface area contributed by atoms with E-state index < -0.39 is 22.0 Å². The Labute approximate surface area is 246 Å². The molecule has 0 spiro atoms. The SMILES string of the molecule is COc1cc(CC(=O)N(C)Cc2cccc(CC(NS(=O)(=O)c3ccccc3)C(=O)O)c2)ccc1-c1ccccc1C. The minimum Gasteiger partial charge on any atom is -0.496 e. The Bertz CT molecular complexity index is 1670. The van der Waals surface area contributed by atoms with E-state index in [9.17, 15) is 23.1 Å². The van der Waals surface area contributed by atoms with Gasteiger partial charge in [-0.25, -0.2) is 8.42 Å². The highest BCUT2D eigenvalue weighted by atomic mass is 32.2. The smallest absolute Gasteiger partial charge is 0.322 e. The number of amides is 1. The average molecular weight is 587 g/mol. The molecule has 0 heterocycles. The Balaban J connectivity index is 1.42. The maximum atomic E-state index is 13.1. The highest BCUT2D eigenvalue weighted by Gasteiger charge is 2.26. The second-order valence-electron chi connectivity index (χ2n) is 10.1. The van der Waals surface area contributed by atoms with Crippen molar-refractivity contribution in [2.24, 2.45) is 0 Å². The summed E-state index contributed by atoms with van der Waals surface area (Å²) in [5.74, 6) is -0.679. The number of carbonyl (C=O) groups excluding carboxylic acids is 1. The van der Waals surface area contributed by atoms with Crippen LogP contribution in [-0.2, 0) is 39.0 Å². The number of carbonyl (C=O) groups is 2. The summed E-state index contributed by atoms with van der Waals surface area (Å²) in [6.45, 7) is 2.35. The van der Waals surface area contributed by atoms with Gasteiger partial charge < -0.3 is 14.7 Å². The van der Waals surface area contributed by atoms with Crippen molar-refractivity contribution in [1.29, 1.82) is 0 Å². The number of likely N-dealkylation sites (N-methyl/N-ethyl adjacent to an activating group) is 1.